The van der Waals surface area contributed by atoms with Crippen molar-refractivity contribution in [2.24, 2.45) is 0 Å². The molecule has 1 radical (unpaired) electrons. The maximum atomic E-state index is 11.3. The third-order valence-corrected chi connectivity index (χ3v) is 1.98. The summed E-state index contributed by atoms with van der Waals surface area (Å²) in [5, 5.41) is 0. The van der Waals surface area contributed by atoms with Crippen LogP contribution in [0, 0.1) is 6.92 Å². The number of hydrogen-bond donors (Lipinski definition) is 0. The van der Waals surface area contributed by atoms with Gasteiger partial charge in [0.25, 0.3) is 0 Å². The fraction of sp³-hybridized carbons (Fsp3) is 0.273. The summed E-state index contributed by atoms with van der Waals surface area (Å²) in [6, 6.07) is 9.54. The van der Waals surface area contributed by atoms with Crippen molar-refractivity contribution in [3.8, 4) is 0 Å². The van der Waals surface area contributed by atoms with Gasteiger partial charge in [0.05, 0.1) is 13.0 Å². The van der Waals surface area contributed by atoms with Crippen molar-refractivity contribution < 1.29 is 9.53 Å². The fourth-order valence-corrected chi connectivity index (χ4v) is 1.25. The van der Waals surface area contributed by atoms with E-state index in [0.717, 1.165) is 5.56 Å². The molecule has 2 nitrogen and oxygen atoms in total. The van der Waals surface area contributed by atoms with E-state index in [9.17, 15) is 4.79 Å². The summed E-state index contributed by atoms with van der Waals surface area (Å²) in [4.78, 5) is 11.3. The molecule has 1 rings (SSSR count). The van der Waals surface area contributed by atoms with Gasteiger partial charge in [-0.3, -0.25) is 4.79 Å². The Morgan fingerprint density at radius 2 is 2.08 bits per heavy atom. The molecule has 0 amide bonds. The highest BCUT2D eigenvalue weighted by Gasteiger charge is 2.18. The van der Waals surface area contributed by atoms with Crippen molar-refractivity contribution in [1.29, 1.82) is 0 Å². The van der Waals surface area contributed by atoms with E-state index in [1.807, 2.05) is 30.3 Å². The number of rotatable bonds is 3. The van der Waals surface area contributed by atoms with Crippen LogP contribution in [0.4, 0.5) is 0 Å². The minimum atomic E-state index is -0.230. The molecule has 2 heteroatoms. The first-order chi connectivity index (χ1) is 6.29. The Balaban J connectivity index is 2.85. The average molecular weight is 177 g/mol. The van der Waals surface area contributed by atoms with Crippen molar-refractivity contribution >= 4 is 5.97 Å². The van der Waals surface area contributed by atoms with Gasteiger partial charge in [-0.2, -0.15) is 0 Å². The molecule has 0 aliphatic heterocycles. The monoisotopic (exact) mass is 177 g/mol. The molecule has 0 aliphatic rings. The molecule has 0 aliphatic carbocycles. The van der Waals surface area contributed by atoms with Gasteiger partial charge in [-0.1, -0.05) is 37.3 Å². The van der Waals surface area contributed by atoms with Gasteiger partial charge in [0.2, 0.25) is 0 Å². The van der Waals surface area contributed by atoms with E-state index in [1.165, 1.54) is 7.11 Å². The van der Waals surface area contributed by atoms with Gasteiger partial charge < -0.3 is 4.74 Å². The molecule has 0 saturated heterocycles. The van der Waals surface area contributed by atoms with Crippen molar-refractivity contribution in [3.05, 3.63) is 42.8 Å². The van der Waals surface area contributed by atoms with Crippen molar-refractivity contribution in [3.63, 3.8) is 0 Å². The van der Waals surface area contributed by atoms with Crippen molar-refractivity contribution in [2.75, 3.05) is 7.11 Å². The van der Waals surface area contributed by atoms with Crippen LogP contribution in [-0.2, 0) is 9.53 Å². The van der Waals surface area contributed by atoms with Gasteiger partial charge in [0, 0.05) is 0 Å². The quantitative estimate of drug-likeness (QED) is 0.661. The number of carbonyl (C=O) groups excluding carboxylic acids is 1. The molecule has 0 saturated carbocycles. The van der Waals surface area contributed by atoms with Crippen LogP contribution in [0.15, 0.2) is 30.3 Å². The second-order valence-corrected chi connectivity index (χ2v) is 2.78. The number of esters is 1. The van der Waals surface area contributed by atoms with E-state index in [2.05, 4.69) is 11.7 Å². The number of carbonyl (C=O) groups is 1. The summed E-state index contributed by atoms with van der Waals surface area (Å²) in [5.74, 6) is -0.451. The second kappa shape index (κ2) is 4.65. The van der Waals surface area contributed by atoms with Crippen LogP contribution >= 0.6 is 0 Å². The lowest BCUT2D eigenvalue weighted by Crippen LogP contribution is -2.13. The van der Waals surface area contributed by atoms with E-state index in [4.69, 9.17) is 0 Å². The van der Waals surface area contributed by atoms with Gasteiger partial charge in [-0.25, -0.2) is 0 Å². The van der Waals surface area contributed by atoms with Gasteiger partial charge in [0.1, 0.15) is 0 Å². The molecule has 1 aromatic rings. The highest BCUT2D eigenvalue weighted by atomic mass is 16.5. The Morgan fingerprint density at radius 3 is 2.54 bits per heavy atom. The molecular weight excluding hydrogens is 164 g/mol. The molecule has 13 heavy (non-hydrogen) atoms. The topological polar surface area (TPSA) is 26.3 Å². The Labute approximate surface area is 78.5 Å². The zero-order valence-electron chi connectivity index (χ0n) is 7.69. The highest BCUT2D eigenvalue weighted by molar-refractivity contribution is 5.78. The van der Waals surface area contributed by atoms with Crippen LogP contribution in [0.25, 0.3) is 0 Å². The predicted octanol–water partition coefficient (Wildman–Crippen LogP) is 2.17. The smallest absolute Gasteiger partial charge is 0.313 e. The van der Waals surface area contributed by atoms with Crippen LogP contribution < -0.4 is 0 Å². The number of hydrogen-bond acceptors (Lipinski definition) is 2. The SMILES string of the molecule is [CH2]CC(C(=O)OC)c1ccccc1. The molecule has 0 spiro atoms. The molecule has 0 bridgehead atoms. The largest absolute Gasteiger partial charge is 0.469 e. The van der Waals surface area contributed by atoms with Gasteiger partial charge in [-0.05, 0) is 12.0 Å². The summed E-state index contributed by atoms with van der Waals surface area (Å²) < 4.78 is 4.68. The van der Waals surface area contributed by atoms with E-state index >= 15 is 0 Å². The van der Waals surface area contributed by atoms with Crippen LogP contribution in [0.3, 0.4) is 0 Å². The van der Waals surface area contributed by atoms with Crippen LogP contribution in [0.5, 0.6) is 0 Å². The van der Waals surface area contributed by atoms with E-state index < -0.39 is 0 Å². The lowest BCUT2D eigenvalue weighted by molar-refractivity contribution is -0.142. The van der Waals surface area contributed by atoms with Gasteiger partial charge in [0.15, 0.2) is 0 Å². The number of methoxy groups -OCH3 is 1. The first-order valence-electron chi connectivity index (χ1n) is 4.21. The van der Waals surface area contributed by atoms with Crippen LogP contribution in [0.1, 0.15) is 17.9 Å². The molecule has 1 aromatic carbocycles. The van der Waals surface area contributed by atoms with Crippen molar-refractivity contribution in [1.82, 2.24) is 0 Å². The molecule has 0 aromatic heterocycles. The first kappa shape index (κ1) is 9.78. The molecule has 0 heterocycles. The number of benzene rings is 1. The fourth-order valence-electron chi connectivity index (χ4n) is 1.25. The van der Waals surface area contributed by atoms with Gasteiger partial charge in [-0.15, -0.1) is 0 Å². The van der Waals surface area contributed by atoms with Crippen molar-refractivity contribution in [2.45, 2.75) is 12.3 Å². The zero-order valence-corrected chi connectivity index (χ0v) is 7.69. The maximum Gasteiger partial charge on any atom is 0.313 e. The molecular formula is C11H13O2. The molecule has 69 valence electrons. The second-order valence-electron chi connectivity index (χ2n) is 2.78. The summed E-state index contributed by atoms with van der Waals surface area (Å²) in [5.41, 5.74) is 0.962. The Hall–Kier alpha value is -1.31. The summed E-state index contributed by atoms with van der Waals surface area (Å²) in [6.07, 6.45) is 0.524. The third kappa shape index (κ3) is 2.31. The predicted molar refractivity (Wildman–Crippen MR) is 51.2 cm³/mol. The molecule has 1 unspecified atom stereocenters. The van der Waals surface area contributed by atoms with E-state index in [-0.39, 0.29) is 11.9 Å². The Bertz CT molecular complexity index is 267. The van der Waals surface area contributed by atoms with E-state index in [0.29, 0.717) is 6.42 Å². The lowest BCUT2D eigenvalue weighted by atomic mass is 9.97. The van der Waals surface area contributed by atoms with Crippen LogP contribution in [0.2, 0.25) is 0 Å². The highest BCUT2D eigenvalue weighted by Crippen LogP contribution is 2.19. The molecule has 1 atom stereocenters. The lowest BCUT2D eigenvalue weighted by Gasteiger charge is -2.11. The minimum absolute atomic E-state index is 0.221. The van der Waals surface area contributed by atoms with E-state index in [1.54, 1.807) is 0 Å². The summed E-state index contributed by atoms with van der Waals surface area (Å²) in [6.45, 7) is 3.73. The van der Waals surface area contributed by atoms with Gasteiger partial charge >= 0.3 is 5.97 Å². The maximum absolute atomic E-state index is 11.3. The van der Waals surface area contributed by atoms with Crippen LogP contribution in [-0.4, -0.2) is 13.1 Å². The standard InChI is InChI=1S/C11H13O2/c1-3-10(11(12)13-2)9-7-5-4-6-8-9/h4-8,10H,1,3H2,2H3. The first-order valence-corrected chi connectivity index (χ1v) is 4.21. The zero-order chi connectivity index (χ0) is 9.68. The number of ether oxygens (including phenoxy) is 1. The summed E-state index contributed by atoms with van der Waals surface area (Å²) >= 11 is 0. The minimum Gasteiger partial charge on any atom is -0.469 e. The normalized spacial score (nSPS) is 12.2. The Morgan fingerprint density at radius 1 is 1.46 bits per heavy atom. The molecule has 0 N–H and O–H groups in total. The average Bonchev–Trinajstić information content (AvgIpc) is 2.20. The third-order valence-electron chi connectivity index (χ3n) is 1.98. The summed E-state index contributed by atoms with van der Waals surface area (Å²) in [7, 11) is 1.40. The Kier molecular flexibility index (Phi) is 3.50. The molecule has 0 fully saturated rings.